The molecule has 0 fully saturated rings. The molecule has 0 aliphatic rings. The second-order valence-electron chi connectivity index (χ2n) is 4.09. The normalized spacial score (nSPS) is 9.89. The van der Waals surface area contributed by atoms with Gasteiger partial charge in [0.1, 0.15) is 5.75 Å². The lowest BCUT2D eigenvalue weighted by Gasteiger charge is -2.06. The maximum absolute atomic E-state index is 11.1. The number of hydrogen-bond acceptors (Lipinski definition) is 2. The van der Waals surface area contributed by atoms with E-state index in [0.29, 0.717) is 6.54 Å². The molecule has 0 aliphatic carbocycles. The average molecular weight is 250 g/mol. The lowest BCUT2D eigenvalue weighted by Crippen LogP contribution is -2.35. The minimum atomic E-state index is -0.0844. The number of nitrogens with one attached hydrogen (secondary N) is 2. The first-order chi connectivity index (χ1) is 8.76. The number of unbranched alkanes of at least 4 members (excludes halogenated alkanes) is 1. The molecule has 2 amide bonds. The van der Waals surface area contributed by atoms with Gasteiger partial charge in [-0.1, -0.05) is 12.1 Å². The SMILES string of the molecule is CCNC(=O)NCCCCc1cccc(OC)c1. The van der Waals surface area contributed by atoms with Crippen LogP contribution in [0.25, 0.3) is 0 Å². The molecule has 18 heavy (non-hydrogen) atoms. The van der Waals surface area contributed by atoms with Gasteiger partial charge in [-0.2, -0.15) is 0 Å². The van der Waals surface area contributed by atoms with E-state index in [1.54, 1.807) is 7.11 Å². The van der Waals surface area contributed by atoms with Gasteiger partial charge in [0.05, 0.1) is 7.11 Å². The number of aryl methyl sites for hydroxylation is 1. The highest BCUT2D eigenvalue weighted by molar-refractivity contribution is 5.73. The van der Waals surface area contributed by atoms with Gasteiger partial charge < -0.3 is 15.4 Å². The molecule has 0 bridgehead atoms. The second kappa shape index (κ2) is 8.39. The monoisotopic (exact) mass is 250 g/mol. The first kappa shape index (κ1) is 14.4. The maximum atomic E-state index is 11.1. The van der Waals surface area contributed by atoms with Crippen LogP contribution in [-0.2, 0) is 6.42 Å². The van der Waals surface area contributed by atoms with Crippen LogP contribution in [-0.4, -0.2) is 26.2 Å². The standard InChI is InChI=1S/C14H22N2O2/c1-3-15-14(17)16-10-5-4-7-12-8-6-9-13(11-12)18-2/h6,8-9,11H,3-5,7,10H2,1-2H3,(H2,15,16,17). The van der Waals surface area contributed by atoms with Crippen molar-refractivity contribution in [2.75, 3.05) is 20.2 Å². The highest BCUT2D eigenvalue weighted by atomic mass is 16.5. The number of carbonyl (C=O) groups excluding carboxylic acids is 1. The zero-order valence-corrected chi connectivity index (χ0v) is 11.2. The molecular weight excluding hydrogens is 228 g/mol. The Hall–Kier alpha value is -1.71. The summed E-state index contributed by atoms with van der Waals surface area (Å²) in [7, 11) is 1.68. The quantitative estimate of drug-likeness (QED) is 0.730. The van der Waals surface area contributed by atoms with Crippen molar-refractivity contribution in [3.8, 4) is 5.75 Å². The van der Waals surface area contributed by atoms with Crippen LogP contribution in [0.3, 0.4) is 0 Å². The third kappa shape index (κ3) is 5.57. The Labute approximate surface area is 109 Å². The smallest absolute Gasteiger partial charge is 0.314 e. The van der Waals surface area contributed by atoms with Crippen molar-refractivity contribution in [1.82, 2.24) is 10.6 Å². The van der Waals surface area contributed by atoms with Crippen LogP contribution in [0.2, 0.25) is 0 Å². The molecule has 0 unspecified atom stereocenters. The number of carbonyl (C=O) groups is 1. The van der Waals surface area contributed by atoms with Crippen LogP contribution in [0.4, 0.5) is 4.79 Å². The Balaban J connectivity index is 2.15. The lowest BCUT2D eigenvalue weighted by atomic mass is 10.1. The average Bonchev–Trinajstić information content (AvgIpc) is 2.39. The minimum Gasteiger partial charge on any atom is -0.497 e. The van der Waals surface area contributed by atoms with E-state index in [0.717, 1.165) is 31.6 Å². The summed E-state index contributed by atoms with van der Waals surface area (Å²) >= 11 is 0. The molecule has 4 heteroatoms. The lowest BCUT2D eigenvalue weighted by molar-refractivity contribution is 0.241. The molecule has 2 N–H and O–H groups in total. The van der Waals surface area contributed by atoms with Crippen LogP contribution >= 0.6 is 0 Å². The number of methoxy groups -OCH3 is 1. The van der Waals surface area contributed by atoms with E-state index >= 15 is 0 Å². The van der Waals surface area contributed by atoms with Gasteiger partial charge in [-0.25, -0.2) is 4.79 Å². The first-order valence-corrected chi connectivity index (χ1v) is 6.41. The molecule has 0 heterocycles. The van der Waals surface area contributed by atoms with E-state index in [1.165, 1.54) is 5.56 Å². The van der Waals surface area contributed by atoms with Crippen molar-refractivity contribution in [3.05, 3.63) is 29.8 Å². The summed E-state index contributed by atoms with van der Waals surface area (Å²) in [6.07, 6.45) is 3.04. The third-order valence-electron chi connectivity index (χ3n) is 2.65. The van der Waals surface area contributed by atoms with E-state index in [9.17, 15) is 4.79 Å². The fraction of sp³-hybridized carbons (Fsp3) is 0.500. The van der Waals surface area contributed by atoms with Gasteiger partial charge in [-0.3, -0.25) is 0 Å². The summed E-state index contributed by atoms with van der Waals surface area (Å²) in [6, 6.07) is 8.01. The predicted molar refractivity (Wildman–Crippen MR) is 73.0 cm³/mol. The number of benzene rings is 1. The molecule has 0 atom stereocenters. The van der Waals surface area contributed by atoms with Crippen molar-refractivity contribution in [2.24, 2.45) is 0 Å². The van der Waals surface area contributed by atoms with Crippen molar-refractivity contribution in [3.63, 3.8) is 0 Å². The number of ether oxygens (including phenoxy) is 1. The minimum absolute atomic E-state index is 0.0844. The third-order valence-corrected chi connectivity index (χ3v) is 2.65. The van der Waals surface area contributed by atoms with Gasteiger partial charge in [0.15, 0.2) is 0 Å². The molecule has 100 valence electrons. The van der Waals surface area contributed by atoms with E-state index in [1.807, 2.05) is 19.1 Å². The van der Waals surface area contributed by atoms with Gasteiger partial charge in [0.25, 0.3) is 0 Å². The van der Waals surface area contributed by atoms with Crippen molar-refractivity contribution >= 4 is 6.03 Å². The van der Waals surface area contributed by atoms with E-state index in [2.05, 4.69) is 22.8 Å². The Morgan fingerprint density at radius 1 is 1.28 bits per heavy atom. The molecule has 4 nitrogen and oxygen atoms in total. The number of amides is 2. The molecule has 0 saturated heterocycles. The summed E-state index contributed by atoms with van der Waals surface area (Å²) in [4.78, 5) is 11.1. The van der Waals surface area contributed by atoms with E-state index in [4.69, 9.17) is 4.74 Å². The predicted octanol–water partition coefficient (Wildman–Crippen LogP) is 2.34. The molecule has 0 spiro atoms. The van der Waals surface area contributed by atoms with E-state index < -0.39 is 0 Å². The highest BCUT2D eigenvalue weighted by Gasteiger charge is 1.98. The Bertz CT molecular complexity index is 367. The maximum Gasteiger partial charge on any atom is 0.314 e. The van der Waals surface area contributed by atoms with Gasteiger partial charge in [0, 0.05) is 13.1 Å². The molecular formula is C14H22N2O2. The van der Waals surface area contributed by atoms with Crippen LogP contribution < -0.4 is 15.4 Å². The summed E-state index contributed by atoms with van der Waals surface area (Å²) < 4.78 is 5.18. The highest BCUT2D eigenvalue weighted by Crippen LogP contribution is 2.14. The second-order valence-corrected chi connectivity index (χ2v) is 4.09. The van der Waals surface area contributed by atoms with Crippen molar-refractivity contribution in [2.45, 2.75) is 26.2 Å². The van der Waals surface area contributed by atoms with Gasteiger partial charge in [-0.15, -0.1) is 0 Å². The molecule has 0 saturated carbocycles. The van der Waals surface area contributed by atoms with Crippen LogP contribution in [0, 0.1) is 0 Å². The molecule has 1 rings (SSSR count). The van der Waals surface area contributed by atoms with Crippen LogP contribution in [0.5, 0.6) is 5.75 Å². The van der Waals surface area contributed by atoms with Crippen LogP contribution in [0.15, 0.2) is 24.3 Å². The Morgan fingerprint density at radius 2 is 2.11 bits per heavy atom. The van der Waals surface area contributed by atoms with Gasteiger partial charge in [-0.05, 0) is 43.9 Å². The zero-order valence-electron chi connectivity index (χ0n) is 11.2. The van der Waals surface area contributed by atoms with Gasteiger partial charge in [0.2, 0.25) is 0 Å². The molecule has 1 aromatic rings. The Morgan fingerprint density at radius 3 is 2.83 bits per heavy atom. The largest absolute Gasteiger partial charge is 0.497 e. The zero-order chi connectivity index (χ0) is 13.2. The summed E-state index contributed by atoms with van der Waals surface area (Å²) in [5.41, 5.74) is 1.27. The first-order valence-electron chi connectivity index (χ1n) is 6.41. The molecule has 1 aromatic carbocycles. The van der Waals surface area contributed by atoms with Crippen molar-refractivity contribution in [1.29, 1.82) is 0 Å². The molecule has 0 aliphatic heterocycles. The molecule has 0 aromatic heterocycles. The Kier molecular flexibility index (Phi) is 6.69. The topological polar surface area (TPSA) is 50.4 Å². The summed E-state index contributed by atoms with van der Waals surface area (Å²) in [5, 5.41) is 5.52. The molecule has 0 radical (unpaired) electrons. The van der Waals surface area contributed by atoms with Crippen molar-refractivity contribution < 1.29 is 9.53 Å². The number of urea groups is 1. The summed E-state index contributed by atoms with van der Waals surface area (Å²) in [6.45, 7) is 3.29. The number of rotatable bonds is 7. The van der Waals surface area contributed by atoms with E-state index in [-0.39, 0.29) is 6.03 Å². The number of hydrogen-bond donors (Lipinski definition) is 2. The fourth-order valence-corrected chi connectivity index (χ4v) is 1.71. The summed E-state index contributed by atoms with van der Waals surface area (Å²) in [5.74, 6) is 0.896. The van der Waals surface area contributed by atoms with Crippen LogP contribution in [0.1, 0.15) is 25.3 Å². The fourth-order valence-electron chi connectivity index (χ4n) is 1.71. The van der Waals surface area contributed by atoms with Gasteiger partial charge >= 0.3 is 6.03 Å².